The molecule has 1 aromatic carbocycles. The van der Waals surface area contributed by atoms with Crippen LogP contribution in [0.5, 0.6) is 0 Å². The summed E-state index contributed by atoms with van der Waals surface area (Å²) in [5.74, 6) is -3.66. The van der Waals surface area contributed by atoms with Crippen LogP contribution in [0.25, 0.3) is 0 Å². The molecule has 1 aliphatic carbocycles. The van der Waals surface area contributed by atoms with Crippen molar-refractivity contribution < 1.29 is 27.9 Å². The molecule has 2 aromatic rings. The molecule has 10 heteroatoms. The summed E-state index contributed by atoms with van der Waals surface area (Å²) in [7, 11) is 0. The van der Waals surface area contributed by atoms with E-state index in [1.54, 1.807) is 6.92 Å². The van der Waals surface area contributed by atoms with Gasteiger partial charge in [0, 0.05) is 18.2 Å². The van der Waals surface area contributed by atoms with Gasteiger partial charge in [0.05, 0.1) is 18.8 Å². The number of nitrogens with zero attached hydrogens (tertiary/aromatic N) is 3. The Morgan fingerprint density at radius 3 is 2.49 bits per heavy atom. The molecule has 1 N–H and O–H groups in total. The van der Waals surface area contributed by atoms with Gasteiger partial charge >= 0.3 is 5.97 Å². The van der Waals surface area contributed by atoms with Gasteiger partial charge in [-0.3, -0.25) is 19.2 Å². The maximum absolute atomic E-state index is 14.9. The maximum atomic E-state index is 14.9. The Morgan fingerprint density at radius 1 is 1.14 bits per heavy atom. The fraction of sp³-hybridized carbons (Fsp3) is 0.520. The van der Waals surface area contributed by atoms with Crippen molar-refractivity contribution >= 4 is 23.5 Å². The summed E-state index contributed by atoms with van der Waals surface area (Å²) in [5, 5.41) is 7.26. The number of esters is 1. The third-order valence-electron chi connectivity index (χ3n) is 6.72. The number of aromatic nitrogens is 2. The van der Waals surface area contributed by atoms with E-state index < -0.39 is 35.0 Å². The molecule has 1 saturated carbocycles. The summed E-state index contributed by atoms with van der Waals surface area (Å²) in [6.45, 7) is 3.18. The molecular formula is C25H30F2N4O4. The van der Waals surface area contributed by atoms with Crippen molar-refractivity contribution in [2.45, 2.75) is 76.9 Å². The zero-order chi connectivity index (χ0) is 25.2. The van der Waals surface area contributed by atoms with Crippen molar-refractivity contribution in [2.24, 2.45) is 0 Å². The molecule has 1 fully saturated rings. The van der Waals surface area contributed by atoms with Gasteiger partial charge in [-0.1, -0.05) is 32.1 Å². The minimum Gasteiger partial charge on any atom is -0.461 e. The Labute approximate surface area is 202 Å². The number of hydrogen-bond donors (Lipinski definition) is 1. The van der Waals surface area contributed by atoms with Gasteiger partial charge in [-0.05, 0) is 38.8 Å². The van der Waals surface area contributed by atoms with E-state index in [1.165, 1.54) is 24.1 Å². The summed E-state index contributed by atoms with van der Waals surface area (Å²) in [4.78, 5) is 40.6. The molecule has 35 heavy (non-hydrogen) atoms. The van der Waals surface area contributed by atoms with Crippen molar-refractivity contribution in [1.82, 2.24) is 15.1 Å². The fourth-order valence-corrected chi connectivity index (χ4v) is 4.87. The highest BCUT2D eigenvalue weighted by Gasteiger charge is 2.50. The van der Waals surface area contributed by atoms with Gasteiger partial charge in [0.2, 0.25) is 5.91 Å². The first kappa shape index (κ1) is 24.8. The van der Waals surface area contributed by atoms with Gasteiger partial charge in [0.15, 0.2) is 5.69 Å². The van der Waals surface area contributed by atoms with Crippen molar-refractivity contribution in [3.05, 3.63) is 47.3 Å². The number of ether oxygens (including phenoxy) is 1. The number of rotatable bonds is 5. The van der Waals surface area contributed by atoms with Gasteiger partial charge in [-0.15, -0.1) is 0 Å². The molecule has 0 bridgehead atoms. The molecule has 1 atom stereocenters. The lowest BCUT2D eigenvalue weighted by Gasteiger charge is -2.43. The van der Waals surface area contributed by atoms with E-state index in [4.69, 9.17) is 4.74 Å². The highest BCUT2D eigenvalue weighted by atomic mass is 19.1. The van der Waals surface area contributed by atoms with E-state index in [9.17, 15) is 23.2 Å². The van der Waals surface area contributed by atoms with Gasteiger partial charge in [-0.25, -0.2) is 13.6 Å². The number of nitrogens with one attached hydrogen (secondary N) is 1. The minimum absolute atomic E-state index is 0.00741. The van der Waals surface area contributed by atoms with Crippen LogP contribution in [0.4, 0.5) is 14.5 Å². The number of amides is 2. The van der Waals surface area contributed by atoms with Crippen LogP contribution < -0.4 is 10.2 Å². The SMILES string of the molecule is CCOC(=O)c1cc2n(n1)CC(C)(C(=O)NC1CCCCCCC1)N(c1ccc(F)cc1F)C2=O. The van der Waals surface area contributed by atoms with E-state index in [0.717, 1.165) is 55.6 Å². The average molecular weight is 489 g/mol. The molecular weight excluding hydrogens is 458 g/mol. The third-order valence-corrected chi connectivity index (χ3v) is 6.72. The standard InChI is InChI=1S/C25H30F2N4O4/c1-3-35-23(33)19-14-21-22(32)31(20-12-11-16(26)13-18(20)27)25(2,15-30(21)29-19)24(34)28-17-9-7-5-4-6-8-10-17/h11-14,17H,3-10,15H2,1-2H3,(H,28,34). The highest BCUT2D eigenvalue weighted by molar-refractivity contribution is 6.12. The quantitative estimate of drug-likeness (QED) is 0.643. The van der Waals surface area contributed by atoms with Crippen molar-refractivity contribution in [3.8, 4) is 0 Å². The lowest BCUT2D eigenvalue weighted by molar-refractivity contribution is -0.127. The summed E-state index contributed by atoms with van der Waals surface area (Å²) in [6, 6.07) is 4.05. The zero-order valence-corrected chi connectivity index (χ0v) is 20.0. The molecule has 1 aliphatic heterocycles. The Balaban J connectivity index is 1.74. The van der Waals surface area contributed by atoms with E-state index in [0.29, 0.717) is 6.07 Å². The van der Waals surface area contributed by atoms with Crippen LogP contribution in [0.1, 0.15) is 79.8 Å². The van der Waals surface area contributed by atoms with E-state index in [-0.39, 0.29) is 36.3 Å². The summed E-state index contributed by atoms with van der Waals surface area (Å²) in [6.07, 6.45) is 6.99. The monoisotopic (exact) mass is 488 g/mol. The predicted octanol–water partition coefficient (Wildman–Crippen LogP) is 3.99. The molecule has 188 valence electrons. The van der Waals surface area contributed by atoms with Gasteiger partial charge in [0.1, 0.15) is 22.9 Å². The van der Waals surface area contributed by atoms with Crippen molar-refractivity contribution in [3.63, 3.8) is 0 Å². The first-order chi connectivity index (χ1) is 16.7. The maximum Gasteiger partial charge on any atom is 0.358 e. The number of halogens is 2. The molecule has 4 rings (SSSR count). The predicted molar refractivity (Wildman–Crippen MR) is 124 cm³/mol. The Kier molecular flexibility index (Phi) is 7.18. The normalized spacial score (nSPS) is 21.1. The van der Waals surface area contributed by atoms with Gasteiger partial charge in [0.25, 0.3) is 5.91 Å². The summed E-state index contributed by atoms with van der Waals surface area (Å²) >= 11 is 0. The average Bonchev–Trinajstić information content (AvgIpc) is 3.21. The zero-order valence-electron chi connectivity index (χ0n) is 20.0. The Hall–Kier alpha value is -3.30. The van der Waals surface area contributed by atoms with Crippen LogP contribution >= 0.6 is 0 Å². The molecule has 1 aromatic heterocycles. The summed E-state index contributed by atoms with van der Waals surface area (Å²) < 4.78 is 34.8. The molecule has 0 saturated heterocycles. The van der Waals surface area contributed by atoms with Crippen LogP contribution in [0.2, 0.25) is 0 Å². The molecule has 0 spiro atoms. The topological polar surface area (TPSA) is 93.5 Å². The molecule has 1 unspecified atom stereocenters. The number of fused-ring (bicyclic) bond motifs is 1. The lowest BCUT2D eigenvalue weighted by atomic mass is 9.91. The van der Waals surface area contributed by atoms with Crippen LogP contribution in [0.3, 0.4) is 0 Å². The second-order valence-corrected chi connectivity index (χ2v) is 9.32. The van der Waals surface area contributed by atoms with E-state index in [1.807, 2.05) is 0 Å². The second kappa shape index (κ2) is 10.1. The smallest absolute Gasteiger partial charge is 0.358 e. The van der Waals surface area contributed by atoms with Gasteiger partial charge < -0.3 is 10.1 Å². The van der Waals surface area contributed by atoms with Crippen LogP contribution in [0, 0.1) is 11.6 Å². The lowest BCUT2D eigenvalue weighted by Crippen LogP contribution is -2.65. The van der Waals surface area contributed by atoms with Gasteiger partial charge in [-0.2, -0.15) is 5.10 Å². The van der Waals surface area contributed by atoms with Crippen LogP contribution in [-0.4, -0.2) is 45.8 Å². The number of hydrogen-bond acceptors (Lipinski definition) is 5. The van der Waals surface area contributed by atoms with Crippen LogP contribution in [-0.2, 0) is 16.1 Å². The van der Waals surface area contributed by atoms with Crippen LogP contribution in [0.15, 0.2) is 24.3 Å². The molecule has 2 amide bonds. The number of carbonyl (C=O) groups is 3. The fourth-order valence-electron chi connectivity index (χ4n) is 4.87. The number of anilines is 1. The third kappa shape index (κ3) is 4.92. The largest absolute Gasteiger partial charge is 0.461 e. The molecule has 8 nitrogen and oxygen atoms in total. The first-order valence-electron chi connectivity index (χ1n) is 12.1. The minimum atomic E-state index is -1.58. The second-order valence-electron chi connectivity index (χ2n) is 9.32. The Morgan fingerprint density at radius 2 is 1.83 bits per heavy atom. The number of benzene rings is 1. The highest BCUT2D eigenvalue weighted by Crippen LogP contribution is 2.35. The van der Waals surface area contributed by atoms with Crippen molar-refractivity contribution in [2.75, 3.05) is 11.5 Å². The van der Waals surface area contributed by atoms with E-state index >= 15 is 0 Å². The summed E-state index contributed by atoms with van der Waals surface area (Å²) in [5.41, 5.74) is -1.88. The molecule has 0 radical (unpaired) electrons. The van der Waals surface area contributed by atoms with E-state index in [2.05, 4.69) is 10.4 Å². The molecule has 2 aliphatic rings. The first-order valence-corrected chi connectivity index (χ1v) is 12.1. The van der Waals surface area contributed by atoms with Crippen molar-refractivity contribution in [1.29, 1.82) is 0 Å². The molecule has 2 heterocycles. The number of carbonyl (C=O) groups excluding carboxylic acids is 3. The Bertz CT molecular complexity index is 1130.